The largest absolute Gasteiger partial charge is 0.468 e. The normalized spacial score (nSPS) is 17.1. The van der Waals surface area contributed by atoms with E-state index in [0.717, 1.165) is 16.5 Å². The fraction of sp³-hybridized carbons (Fsp3) is 0.238. The summed E-state index contributed by atoms with van der Waals surface area (Å²) >= 11 is 6.43. The van der Waals surface area contributed by atoms with Gasteiger partial charge in [0.25, 0.3) is 0 Å². The molecule has 1 atom stereocenters. The highest BCUT2D eigenvalue weighted by molar-refractivity contribution is 6.30. The number of hydrogen-bond acceptors (Lipinski definition) is 4. The van der Waals surface area contributed by atoms with Gasteiger partial charge in [0, 0.05) is 24.0 Å². The van der Waals surface area contributed by atoms with Crippen LogP contribution >= 0.6 is 11.6 Å². The van der Waals surface area contributed by atoms with Gasteiger partial charge in [-0.2, -0.15) is 0 Å². The molecular weight excluding hydrogens is 348 g/mol. The lowest BCUT2D eigenvalue weighted by atomic mass is 9.93. The Balaban J connectivity index is 1.69. The van der Waals surface area contributed by atoms with Gasteiger partial charge in [-0.15, -0.1) is 0 Å². The predicted octanol–water partition coefficient (Wildman–Crippen LogP) is 3.99. The zero-order valence-electron chi connectivity index (χ0n) is 14.5. The molecule has 0 radical (unpaired) electrons. The maximum atomic E-state index is 12.4. The summed E-state index contributed by atoms with van der Waals surface area (Å²) in [6.45, 7) is 1.23. The third kappa shape index (κ3) is 3.18. The van der Waals surface area contributed by atoms with Gasteiger partial charge in [-0.25, -0.2) is 4.98 Å². The number of methoxy groups -OCH3 is 1. The number of carbonyl (C=O) groups excluding carboxylic acids is 1. The molecule has 1 aromatic heterocycles. The number of pyridine rings is 1. The van der Waals surface area contributed by atoms with E-state index in [4.69, 9.17) is 16.3 Å². The van der Waals surface area contributed by atoms with Gasteiger partial charge in [-0.05, 0) is 29.7 Å². The van der Waals surface area contributed by atoms with Crippen LogP contribution < -0.4 is 0 Å². The van der Waals surface area contributed by atoms with Crippen LogP contribution in [0.2, 0.25) is 5.15 Å². The Morgan fingerprint density at radius 3 is 2.73 bits per heavy atom. The zero-order valence-corrected chi connectivity index (χ0v) is 15.2. The van der Waals surface area contributed by atoms with E-state index in [0.29, 0.717) is 24.7 Å². The van der Waals surface area contributed by atoms with Crippen LogP contribution in [0, 0.1) is 0 Å². The molecule has 0 fully saturated rings. The Morgan fingerprint density at radius 1 is 1.19 bits per heavy atom. The number of esters is 1. The summed E-state index contributed by atoms with van der Waals surface area (Å²) in [7, 11) is 1.44. The Hall–Kier alpha value is -2.43. The molecule has 0 bridgehead atoms. The van der Waals surface area contributed by atoms with Crippen molar-refractivity contribution >= 4 is 28.5 Å². The average molecular weight is 367 g/mol. The van der Waals surface area contributed by atoms with Gasteiger partial charge in [-0.1, -0.05) is 54.1 Å². The molecular formula is C21H19ClN2O2. The van der Waals surface area contributed by atoms with Crippen LogP contribution in [0.3, 0.4) is 0 Å². The molecule has 2 aromatic carbocycles. The molecule has 132 valence electrons. The van der Waals surface area contributed by atoms with Crippen LogP contribution in [0.5, 0.6) is 0 Å². The number of para-hydroxylation sites is 1. The molecule has 0 spiro atoms. The van der Waals surface area contributed by atoms with Crippen molar-refractivity contribution in [2.24, 2.45) is 0 Å². The summed E-state index contributed by atoms with van der Waals surface area (Å²) in [5.74, 6) is -0.218. The highest BCUT2D eigenvalue weighted by Gasteiger charge is 2.32. The van der Waals surface area contributed by atoms with E-state index in [1.54, 1.807) is 0 Å². The zero-order chi connectivity index (χ0) is 18.1. The molecule has 1 aliphatic heterocycles. The van der Waals surface area contributed by atoms with Crippen molar-refractivity contribution in [3.8, 4) is 0 Å². The van der Waals surface area contributed by atoms with Gasteiger partial charge in [0.2, 0.25) is 0 Å². The first kappa shape index (κ1) is 17.0. The summed E-state index contributed by atoms with van der Waals surface area (Å²) in [5, 5.41) is 1.52. The summed E-state index contributed by atoms with van der Waals surface area (Å²) in [4.78, 5) is 19.0. The molecule has 2 heterocycles. The first-order chi connectivity index (χ1) is 12.7. The molecule has 0 unspecified atom stereocenters. The van der Waals surface area contributed by atoms with Crippen molar-refractivity contribution in [3.63, 3.8) is 0 Å². The van der Waals surface area contributed by atoms with Crippen molar-refractivity contribution in [2.45, 2.75) is 25.6 Å². The lowest BCUT2D eigenvalue weighted by Gasteiger charge is -2.35. The van der Waals surface area contributed by atoms with E-state index in [-0.39, 0.29) is 12.0 Å². The second kappa shape index (κ2) is 7.06. The summed E-state index contributed by atoms with van der Waals surface area (Å²) in [5.41, 5.74) is 4.22. The number of rotatable bonds is 3. The van der Waals surface area contributed by atoms with E-state index >= 15 is 0 Å². The number of hydrogen-bond donors (Lipinski definition) is 0. The molecule has 0 aliphatic carbocycles. The van der Waals surface area contributed by atoms with E-state index < -0.39 is 0 Å². The smallest absolute Gasteiger partial charge is 0.323 e. The van der Waals surface area contributed by atoms with Crippen LogP contribution in [0.15, 0.2) is 54.6 Å². The summed E-state index contributed by atoms with van der Waals surface area (Å²) in [6.07, 6.45) is 0.640. The van der Waals surface area contributed by atoms with E-state index in [1.165, 1.54) is 18.2 Å². The second-order valence-electron chi connectivity index (χ2n) is 6.55. The quantitative estimate of drug-likeness (QED) is 0.519. The van der Waals surface area contributed by atoms with Gasteiger partial charge in [0.1, 0.15) is 11.2 Å². The third-order valence-corrected chi connectivity index (χ3v) is 5.27. The Bertz CT molecular complexity index is 973. The van der Waals surface area contributed by atoms with Crippen LogP contribution in [-0.2, 0) is 29.0 Å². The number of halogens is 1. The van der Waals surface area contributed by atoms with Crippen LogP contribution in [0.1, 0.15) is 16.7 Å². The number of ether oxygens (including phenoxy) is 1. The maximum absolute atomic E-state index is 12.4. The van der Waals surface area contributed by atoms with Gasteiger partial charge < -0.3 is 4.74 Å². The molecule has 1 aliphatic rings. The van der Waals surface area contributed by atoms with Crippen molar-refractivity contribution in [1.29, 1.82) is 0 Å². The Morgan fingerprint density at radius 2 is 1.92 bits per heavy atom. The SMILES string of the molecule is COC(=O)[C@@H]1Cc2ccccc2CN1Cc1cc2ccccc2nc1Cl. The molecule has 0 saturated carbocycles. The molecule has 0 N–H and O–H groups in total. The van der Waals surface area contributed by atoms with Gasteiger partial charge in [0.15, 0.2) is 0 Å². The number of benzene rings is 2. The highest BCUT2D eigenvalue weighted by atomic mass is 35.5. The molecule has 5 heteroatoms. The molecule has 4 rings (SSSR count). The average Bonchev–Trinajstić information content (AvgIpc) is 2.67. The Labute approximate surface area is 157 Å². The van der Waals surface area contributed by atoms with Gasteiger partial charge >= 0.3 is 5.97 Å². The monoisotopic (exact) mass is 366 g/mol. The van der Waals surface area contributed by atoms with Gasteiger partial charge in [-0.3, -0.25) is 9.69 Å². The topological polar surface area (TPSA) is 42.4 Å². The van der Waals surface area contributed by atoms with Crippen molar-refractivity contribution < 1.29 is 9.53 Å². The second-order valence-corrected chi connectivity index (χ2v) is 6.91. The van der Waals surface area contributed by atoms with Crippen molar-refractivity contribution in [3.05, 3.63) is 76.4 Å². The van der Waals surface area contributed by atoms with Crippen LogP contribution in [0.4, 0.5) is 0 Å². The standard InChI is InChI=1S/C21H19ClN2O2/c1-26-21(25)19-11-14-6-2-3-8-16(14)12-24(19)13-17-10-15-7-4-5-9-18(15)23-20(17)22/h2-10,19H,11-13H2,1H3/t19-/m0/s1. The minimum Gasteiger partial charge on any atom is -0.468 e. The Kier molecular flexibility index (Phi) is 4.62. The first-order valence-electron chi connectivity index (χ1n) is 8.58. The predicted molar refractivity (Wildman–Crippen MR) is 102 cm³/mol. The highest BCUT2D eigenvalue weighted by Crippen LogP contribution is 2.28. The van der Waals surface area contributed by atoms with E-state index in [2.05, 4.69) is 28.1 Å². The maximum Gasteiger partial charge on any atom is 0.323 e. The summed E-state index contributed by atoms with van der Waals surface area (Å²) in [6, 6.07) is 17.8. The van der Waals surface area contributed by atoms with E-state index in [1.807, 2.05) is 36.4 Å². The molecule has 26 heavy (non-hydrogen) atoms. The summed E-state index contributed by atoms with van der Waals surface area (Å²) < 4.78 is 5.04. The fourth-order valence-corrected chi connectivity index (χ4v) is 3.78. The number of nitrogens with zero attached hydrogens (tertiary/aromatic N) is 2. The lowest BCUT2D eigenvalue weighted by molar-refractivity contribution is -0.148. The van der Waals surface area contributed by atoms with Crippen LogP contribution in [-0.4, -0.2) is 29.0 Å². The molecule has 3 aromatic rings. The van der Waals surface area contributed by atoms with Crippen LogP contribution in [0.25, 0.3) is 10.9 Å². The first-order valence-corrected chi connectivity index (χ1v) is 8.96. The fourth-order valence-electron chi connectivity index (χ4n) is 3.58. The minimum absolute atomic E-state index is 0.218. The van der Waals surface area contributed by atoms with Gasteiger partial charge in [0.05, 0.1) is 12.6 Å². The lowest BCUT2D eigenvalue weighted by Crippen LogP contribution is -2.45. The number of fused-ring (bicyclic) bond motifs is 2. The van der Waals surface area contributed by atoms with Crippen molar-refractivity contribution in [1.82, 2.24) is 9.88 Å². The molecule has 4 nitrogen and oxygen atoms in total. The van der Waals surface area contributed by atoms with Crippen molar-refractivity contribution in [2.75, 3.05) is 7.11 Å². The van der Waals surface area contributed by atoms with E-state index in [9.17, 15) is 4.79 Å². The number of carbonyl (C=O) groups is 1. The minimum atomic E-state index is -0.322. The molecule has 0 saturated heterocycles. The third-order valence-electron chi connectivity index (χ3n) is 4.94. The number of aromatic nitrogens is 1. The molecule has 0 amide bonds.